The Hall–Kier alpha value is -2.80. The molecule has 5 nitrogen and oxygen atoms in total. The summed E-state index contributed by atoms with van der Waals surface area (Å²) in [5.74, 6) is -2.43. The normalized spacial score (nSPS) is 11.8. The summed E-state index contributed by atoms with van der Waals surface area (Å²) in [6, 6.07) is 8.60. The van der Waals surface area contributed by atoms with E-state index in [1.54, 1.807) is 38.4 Å². The lowest BCUT2D eigenvalue weighted by molar-refractivity contribution is -0.120. The van der Waals surface area contributed by atoms with Crippen LogP contribution in [-0.4, -0.2) is 30.8 Å². The number of carbonyl (C=O) groups excluding carboxylic acids is 2. The molecule has 1 unspecified atom stereocenters. The van der Waals surface area contributed by atoms with Crippen molar-refractivity contribution >= 4 is 11.8 Å². The molecule has 0 aliphatic rings. The lowest BCUT2D eigenvalue weighted by Crippen LogP contribution is -2.33. The molecule has 2 rings (SSSR count). The summed E-state index contributed by atoms with van der Waals surface area (Å²) in [6.45, 7) is 0.238. The second-order valence-corrected chi connectivity index (χ2v) is 5.82. The molecule has 0 spiro atoms. The summed E-state index contributed by atoms with van der Waals surface area (Å²) in [5, 5.41) is 2.87. The highest BCUT2D eigenvalue weighted by molar-refractivity contribution is 5.93. The second-order valence-electron chi connectivity index (χ2n) is 5.82. The van der Waals surface area contributed by atoms with Crippen molar-refractivity contribution < 1.29 is 18.4 Å². The van der Waals surface area contributed by atoms with Gasteiger partial charge in [0.1, 0.15) is 17.7 Å². The molecule has 0 saturated carbocycles. The molecule has 25 heavy (non-hydrogen) atoms. The summed E-state index contributed by atoms with van der Waals surface area (Å²) < 4.78 is 26.7. The molecule has 2 aromatic carbocycles. The zero-order valence-corrected chi connectivity index (χ0v) is 13.9. The Labute approximate surface area is 144 Å². The van der Waals surface area contributed by atoms with Crippen molar-refractivity contribution in [2.24, 2.45) is 5.73 Å². The Morgan fingerprint density at radius 3 is 2.12 bits per heavy atom. The monoisotopic (exact) mass is 347 g/mol. The van der Waals surface area contributed by atoms with Gasteiger partial charge in [-0.15, -0.1) is 0 Å². The number of amides is 2. The highest BCUT2D eigenvalue weighted by Gasteiger charge is 2.19. The minimum Gasteiger partial charge on any atom is -0.368 e. The Bertz CT molecular complexity index is 756. The lowest BCUT2D eigenvalue weighted by atomic mass is 10.0. The first-order valence-electron chi connectivity index (χ1n) is 7.57. The highest BCUT2D eigenvalue weighted by Crippen LogP contribution is 2.17. The van der Waals surface area contributed by atoms with Crippen molar-refractivity contribution in [3.05, 3.63) is 70.8 Å². The van der Waals surface area contributed by atoms with Gasteiger partial charge in [-0.25, -0.2) is 8.78 Å². The first kappa shape index (κ1) is 18.5. The van der Waals surface area contributed by atoms with Gasteiger partial charge in [0.2, 0.25) is 5.91 Å². The van der Waals surface area contributed by atoms with Crippen LogP contribution >= 0.6 is 0 Å². The predicted octanol–water partition coefficient (Wildman–Crippen LogP) is 1.98. The van der Waals surface area contributed by atoms with Gasteiger partial charge in [-0.2, -0.15) is 0 Å². The number of hydrogen-bond acceptors (Lipinski definition) is 3. The van der Waals surface area contributed by atoms with Crippen LogP contribution in [0, 0.1) is 11.6 Å². The minimum atomic E-state index is -1.03. The third-order valence-corrected chi connectivity index (χ3v) is 3.62. The average Bonchev–Trinajstić information content (AvgIpc) is 2.53. The number of nitrogens with two attached hydrogens (primary N) is 1. The summed E-state index contributed by atoms with van der Waals surface area (Å²) in [4.78, 5) is 24.9. The maximum Gasteiger partial charge on any atom is 0.253 e. The lowest BCUT2D eigenvalue weighted by Gasteiger charge is -2.16. The van der Waals surface area contributed by atoms with Crippen LogP contribution in [0.15, 0.2) is 42.5 Å². The fraction of sp³-hybridized carbons (Fsp3) is 0.222. The number of hydrogen-bond donors (Lipinski definition) is 2. The fourth-order valence-electron chi connectivity index (χ4n) is 2.37. The van der Waals surface area contributed by atoms with Crippen LogP contribution in [0.5, 0.6) is 0 Å². The van der Waals surface area contributed by atoms with Crippen LogP contribution < -0.4 is 11.1 Å². The van der Waals surface area contributed by atoms with Gasteiger partial charge in [-0.1, -0.05) is 12.1 Å². The van der Waals surface area contributed by atoms with Crippen LogP contribution in [0.3, 0.4) is 0 Å². The smallest absolute Gasteiger partial charge is 0.253 e. The van der Waals surface area contributed by atoms with Crippen LogP contribution in [0.1, 0.15) is 27.5 Å². The van der Waals surface area contributed by atoms with Gasteiger partial charge in [0.15, 0.2) is 0 Å². The van der Waals surface area contributed by atoms with E-state index < -0.39 is 23.6 Å². The molecule has 1 atom stereocenters. The van der Waals surface area contributed by atoms with Crippen molar-refractivity contribution in [2.45, 2.75) is 12.6 Å². The van der Waals surface area contributed by atoms with E-state index in [9.17, 15) is 18.4 Å². The molecule has 2 amide bonds. The number of primary amides is 1. The Kier molecular flexibility index (Phi) is 5.82. The summed E-state index contributed by atoms with van der Waals surface area (Å²) >= 11 is 0. The van der Waals surface area contributed by atoms with E-state index in [1.165, 1.54) is 4.90 Å². The van der Waals surface area contributed by atoms with E-state index in [0.717, 1.165) is 23.8 Å². The van der Waals surface area contributed by atoms with Gasteiger partial charge >= 0.3 is 0 Å². The van der Waals surface area contributed by atoms with E-state index in [-0.39, 0.29) is 18.0 Å². The summed E-state index contributed by atoms with van der Waals surface area (Å²) in [7, 11) is 3.32. The number of nitrogens with one attached hydrogen (secondary N) is 1. The maximum absolute atomic E-state index is 13.3. The Morgan fingerprint density at radius 2 is 1.64 bits per heavy atom. The van der Waals surface area contributed by atoms with Crippen LogP contribution in [0.4, 0.5) is 8.78 Å². The predicted molar refractivity (Wildman–Crippen MR) is 89.6 cm³/mol. The summed E-state index contributed by atoms with van der Waals surface area (Å²) in [6.07, 6.45) is 0. The SMILES string of the molecule is CN(C)C(=O)c1ccc(CNC(C(N)=O)c2cc(F)cc(F)c2)cc1. The zero-order chi connectivity index (χ0) is 18.6. The van der Waals surface area contributed by atoms with E-state index in [0.29, 0.717) is 5.56 Å². The second kappa shape index (κ2) is 7.85. The summed E-state index contributed by atoms with van der Waals surface area (Å²) in [5.41, 5.74) is 6.77. The van der Waals surface area contributed by atoms with Crippen LogP contribution in [0.2, 0.25) is 0 Å². The molecule has 0 aliphatic heterocycles. The van der Waals surface area contributed by atoms with Gasteiger partial charge in [0.05, 0.1) is 0 Å². The van der Waals surface area contributed by atoms with Gasteiger partial charge < -0.3 is 10.6 Å². The van der Waals surface area contributed by atoms with Crippen molar-refractivity contribution in [2.75, 3.05) is 14.1 Å². The fourth-order valence-corrected chi connectivity index (χ4v) is 2.37. The number of nitrogens with zero attached hydrogens (tertiary/aromatic N) is 1. The van der Waals surface area contributed by atoms with Gasteiger partial charge in [0, 0.05) is 32.3 Å². The minimum absolute atomic E-state index is 0.115. The van der Waals surface area contributed by atoms with E-state index in [4.69, 9.17) is 5.73 Å². The molecule has 0 radical (unpaired) electrons. The van der Waals surface area contributed by atoms with Crippen molar-refractivity contribution in [3.63, 3.8) is 0 Å². The Balaban J connectivity index is 2.11. The molecule has 0 bridgehead atoms. The molecule has 0 aliphatic carbocycles. The van der Waals surface area contributed by atoms with Crippen molar-refractivity contribution in [1.29, 1.82) is 0 Å². The average molecular weight is 347 g/mol. The van der Waals surface area contributed by atoms with E-state index >= 15 is 0 Å². The topological polar surface area (TPSA) is 75.4 Å². The van der Waals surface area contributed by atoms with E-state index in [1.807, 2.05) is 0 Å². The van der Waals surface area contributed by atoms with E-state index in [2.05, 4.69) is 5.32 Å². The molecular weight excluding hydrogens is 328 g/mol. The molecule has 0 aromatic heterocycles. The third-order valence-electron chi connectivity index (χ3n) is 3.62. The van der Waals surface area contributed by atoms with Crippen molar-refractivity contribution in [3.8, 4) is 0 Å². The molecule has 3 N–H and O–H groups in total. The molecule has 0 saturated heterocycles. The standard InChI is InChI=1S/C18H19F2N3O2/c1-23(2)18(25)12-5-3-11(4-6-12)10-22-16(17(21)24)13-7-14(19)9-15(20)8-13/h3-9,16,22H,10H2,1-2H3,(H2,21,24). The van der Waals surface area contributed by atoms with Gasteiger partial charge in [0.25, 0.3) is 5.91 Å². The van der Waals surface area contributed by atoms with Crippen molar-refractivity contribution in [1.82, 2.24) is 10.2 Å². The number of carbonyl (C=O) groups is 2. The highest BCUT2D eigenvalue weighted by atomic mass is 19.1. The third kappa shape index (κ3) is 4.84. The molecular formula is C18H19F2N3O2. The molecule has 0 heterocycles. The van der Waals surface area contributed by atoms with Crippen LogP contribution in [0.25, 0.3) is 0 Å². The first-order chi connectivity index (χ1) is 11.8. The number of benzene rings is 2. The number of halogens is 2. The van der Waals surface area contributed by atoms with Gasteiger partial charge in [-0.3, -0.25) is 14.9 Å². The van der Waals surface area contributed by atoms with Gasteiger partial charge in [-0.05, 0) is 35.4 Å². The molecule has 0 fully saturated rings. The van der Waals surface area contributed by atoms with Crippen LogP contribution in [-0.2, 0) is 11.3 Å². The quantitative estimate of drug-likeness (QED) is 0.839. The largest absolute Gasteiger partial charge is 0.368 e. The molecule has 7 heteroatoms. The number of rotatable bonds is 6. The first-order valence-corrected chi connectivity index (χ1v) is 7.57. The molecule has 2 aromatic rings. The molecule has 132 valence electrons. The zero-order valence-electron chi connectivity index (χ0n) is 13.9. The Morgan fingerprint density at radius 1 is 1.08 bits per heavy atom. The maximum atomic E-state index is 13.3.